The molecule has 1 unspecified atom stereocenters. The van der Waals surface area contributed by atoms with Crippen LogP contribution in [0.4, 0.5) is 0 Å². The number of ketones is 1. The Morgan fingerprint density at radius 3 is 2.94 bits per heavy atom. The largest absolute Gasteiger partial charge is 0.486 e. The van der Waals surface area contributed by atoms with Crippen molar-refractivity contribution in [3.05, 3.63) is 22.2 Å². The number of carbonyl (C=O) groups is 1. The molecule has 0 saturated carbocycles. The molecule has 0 spiro atoms. The fourth-order valence-corrected chi connectivity index (χ4v) is 2.92. The molecular formula is C13H13ClO3. The number of carbonyl (C=O) groups excluding carboxylic acids is 1. The number of benzene rings is 1. The number of rotatable bonds is 0. The molecule has 3 nitrogen and oxygen atoms in total. The number of ether oxygens (including phenoxy) is 2. The van der Waals surface area contributed by atoms with Gasteiger partial charge in [-0.3, -0.25) is 4.79 Å². The highest BCUT2D eigenvalue weighted by Gasteiger charge is 2.32. The summed E-state index contributed by atoms with van der Waals surface area (Å²) in [6.45, 7) is 3.09. The highest BCUT2D eigenvalue weighted by Crippen LogP contribution is 2.46. The van der Waals surface area contributed by atoms with Crippen molar-refractivity contribution < 1.29 is 14.3 Å². The number of fused-ring (bicyclic) bond motifs is 3. The van der Waals surface area contributed by atoms with E-state index in [0.717, 1.165) is 12.0 Å². The van der Waals surface area contributed by atoms with Crippen LogP contribution in [-0.2, 0) is 0 Å². The zero-order chi connectivity index (χ0) is 12.0. The predicted molar refractivity (Wildman–Crippen MR) is 64.4 cm³/mol. The van der Waals surface area contributed by atoms with E-state index >= 15 is 0 Å². The lowest BCUT2D eigenvalue weighted by atomic mass is 9.82. The maximum atomic E-state index is 12.1. The van der Waals surface area contributed by atoms with Gasteiger partial charge in [0.1, 0.15) is 13.2 Å². The molecule has 3 rings (SSSR count). The van der Waals surface area contributed by atoms with Gasteiger partial charge in [-0.05, 0) is 17.9 Å². The van der Waals surface area contributed by atoms with Crippen LogP contribution in [0.3, 0.4) is 0 Å². The average Bonchev–Trinajstić information content (AvgIpc) is 2.33. The Labute approximate surface area is 105 Å². The molecule has 17 heavy (non-hydrogen) atoms. The number of Topliss-reactive ketones (excluding diaryl/α,β-unsaturated/α-hetero) is 1. The van der Waals surface area contributed by atoms with E-state index in [9.17, 15) is 4.79 Å². The molecule has 1 atom stereocenters. The fraction of sp³-hybridized carbons (Fsp3) is 0.462. The molecule has 1 aromatic carbocycles. The molecule has 1 aromatic rings. The summed E-state index contributed by atoms with van der Waals surface area (Å²) in [6.07, 6.45) is 1.41. The van der Waals surface area contributed by atoms with E-state index in [0.29, 0.717) is 47.6 Å². The Morgan fingerprint density at radius 1 is 1.35 bits per heavy atom. The Hall–Kier alpha value is -1.22. The minimum absolute atomic E-state index is 0.113. The zero-order valence-electron chi connectivity index (χ0n) is 9.59. The molecule has 4 heteroatoms. The summed E-state index contributed by atoms with van der Waals surface area (Å²) in [5, 5.41) is 0.616. The molecule has 0 bridgehead atoms. The van der Waals surface area contributed by atoms with Gasteiger partial charge in [0.2, 0.25) is 0 Å². The summed E-state index contributed by atoms with van der Waals surface area (Å²) in [6, 6.07) is 1.77. The van der Waals surface area contributed by atoms with E-state index in [1.807, 2.05) is 0 Å². The minimum Gasteiger partial charge on any atom is -0.486 e. The first-order valence-corrected chi connectivity index (χ1v) is 6.21. The SMILES string of the molecule is CC1CCC(=O)c2c3c(cc(Cl)c21)OCCO3. The first-order valence-electron chi connectivity index (χ1n) is 5.83. The maximum absolute atomic E-state index is 12.1. The Kier molecular flexibility index (Phi) is 2.51. The van der Waals surface area contributed by atoms with E-state index < -0.39 is 0 Å². The van der Waals surface area contributed by atoms with Crippen molar-refractivity contribution in [1.82, 2.24) is 0 Å². The Morgan fingerprint density at radius 2 is 2.12 bits per heavy atom. The normalized spacial score (nSPS) is 22.2. The zero-order valence-corrected chi connectivity index (χ0v) is 10.3. The minimum atomic E-state index is 0.113. The highest BCUT2D eigenvalue weighted by atomic mass is 35.5. The lowest BCUT2D eigenvalue weighted by Crippen LogP contribution is -2.22. The van der Waals surface area contributed by atoms with Crippen LogP contribution >= 0.6 is 11.6 Å². The summed E-state index contributed by atoms with van der Waals surface area (Å²) >= 11 is 6.25. The van der Waals surface area contributed by atoms with Gasteiger partial charge in [0.15, 0.2) is 17.3 Å². The maximum Gasteiger partial charge on any atom is 0.172 e. The van der Waals surface area contributed by atoms with Gasteiger partial charge in [0.05, 0.1) is 5.56 Å². The second-order valence-electron chi connectivity index (χ2n) is 4.53. The highest BCUT2D eigenvalue weighted by molar-refractivity contribution is 6.32. The number of hydrogen-bond donors (Lipinski definition) is 0. The van der Waals surface area contributed by atoms with Crippen LogP contribution in [0.15, 0.2) is 6.07 Å². The van der Waals surface area contributed by atoms with E-state index in [1.54, 1.807) is 6.07 Å². The Balaban J connectivity index is 2.28. The van der Waals surface area contributed by atoms with Crippen LogP contribution in [0.1, 0.15) is 41.6 Å². The van der Waals surface area contributed by atoms with Gasteiger partial charge in [-0.15, -0.1) is 0 Å². The topological polar surface area (TPSA) is 35.5 Å². The molecule has 0 fully saturated rings. The van der Waals surface area contributed by atoms with Crippen molar-refractivity contribution in [3.8, 4) is 11.5 Å². The standard InChI is InChI=1S/C13H13ClO3/c1-7-2-3-9(15)12-11(7)8(14)6-10-13(12)17-5-4-16-10/h6-7H,2-5H2,1H3. The van der Waals surface area contributed by atoms with Crippen LogP contribution in [0, 0.1) is 0 Å². The summed E-state index contributed by atoms with van der Waals surface area (Å²) in [5.41, 5.74) is 1.57. The molecular weight excluding hydrogens is 240 g/mol. The van der Waals surface area contributed by atoms with Crippen LogP contribution < -0.4 is 9.47 Å². The van der Waals surface area contributed by atoms with Crippen LogP contribution in [0.2, 0.25) is 5.02 Å². The monoisotopic (exact) mass is 252 g/mol. The summed E-state index contributed by atoms with van der Waals surface area (Å²) < 4.78 is 11.1. The van der Waals surface area contributed by atoms with E-state index in [2.05, 4.69) is 6.92 Å². The molecule has 1 aliphatic carbocycles. The van der Waals surface area contributed by atoms with Gasteiger partial charge in [0.25, 0.3) is 0 Å². The molecule has 0 amide bonds. The van der Waals surface area contributed by atoms with Gasteiger partial charge in [-0.2, -0.15) is 0 Å². The van der Waals surface area contributed by atoms with Crippen LogP contribution in [0.5, 0.6) is 11.5 Å². The van der Waals surface area contributed by atoms with Crippen molar-refractivity contribution >= 4 is 17.4 Å². The summed E-state index contributed by atoms with van der Waals surface area (Å²) in [7, 11) is 0. The number of halogens is 1. The van der Waals surface area contributed by atoms with Gasteiger partial charge in [-0.25, -0.2) is 0 Å². The van der Waals surface area contributed by atoms with Crippen molar-refractivity contribution in [2.45, 2.75) is 25.7 Å². The third-order valence-corrected chi connectivity index (χ3v) is 3.71. The summed E-state index contributed by atoms with van der Waals surface area (Å²) in [4.78, 5) is 12.1. The first-order chi connectivity index (χ1) is 8.18. The second kappa shape index (κ2) is 3.91. The smallest absolute Gasteiger partial charge is 0.172 e. The molecule has 0 aromatic heterocycles. The average molecular weight is 253 g/mol. The van der Waals surface area contributed by atoms with Crippen LogP contribution in [0.25, 0.3) is 0 Å². The molecule has 2 aliphatic rings. The fourth-order valence-electron chi connectivity index (χ4n) is 2.54. The number of hydrogen-bond acceptors (Lipinski definition) is 3. The lowest BCUT2D eigenvalue weighted by molar-refractivity contribution is 0.0955. The summed E-state index contributed by atoms with van der Waals surface area (Å²) in [5.74, 6) is 1.60. The predicted octanol–water partition coefficient (Wildman–Crippen LogP) is 3.19. The first kappa shape index (κ1) is 10.9. The molecule has 90 valence electrons. The van der Waals surface area contributed by atoms with Crippen molar-refractivity contribution in [1.29, 1.82) is 0 Å². The van der Waals surface area contributed by atoms with E-state index in [1.165, 1.54) is 0 Å². The lowest BCUT2D eigenvalue weighted by Gasteiger charge is -2.28. The Bertz CT molecular complexity index is 496. The van der Waals surface area contributed by atoms with Crippen molar-refractivity contribution in [2.24, 2.45) is 0 Å². The third-order valence-electron chi connectivity index (χ3n) is 3.40. The molecule has 1 heterocycles. The van der Waals surface area contributed by atoms with Crippen LogP contribution in [-0.4, -0.2) is 19.0 Å². The van der Waals surface area contributed by atoms with Crippen molar-refractivity contribution in [2.75, 3.05) is 13.2 Å². The second-order valence-corrected chi connectivity index (χ2v) is 4.94. The van der Waals surface area contributed by atoms with Gasteiger partial charge in [-0.1, -0.05) is 18.5 Å². The van der Waals surface area contributed by atoms with Gasteiger partial charge in [0, 0.05) is 17.5 Å². The molecule has 0 radical (unpaired) electrons. The van der Waals surface area contributed by atoms with Gasteiger partial charge < -0.3 is 9.47 Å². The quantitative estimate of drug-likeness (QED) is 0.711. The third kappa shape index (κ3) is 1.61. The molecule has 1 aliphatic heterocycles. The molecule has 0 N–H and O–H groups in total. The van der Waals surface area contributed by atoms with E-state index in [4.69, 9.17) is 21.1 Å². The molecule has 0 saturated heterocycles. The van der Waals surface area contributed by atoms with Crippen molar-refractivity contribution in [3.63, 3.8) is 0 Å². The van der Waals surface area contributed by atoms with E-state index in [-0.39, 0.29) is 5.78 Å². The van der Waals surface area contributed by atoms with Gasteiger partial charge >= 0.3 is 0 Å².